The number of alkyl halides is 2. The standard InChI is InChI=1S/C11H19F2NO/c1-10(2)5-9(7-15-10)14-6-8-3-11(12,13)4-8/h8-9,14H,3-7H2,1-2H3/t9-/m0/s1. The summed E-state index contributed by atoms with van der Waals surface area (Å²) in [5.74, 6) is -2.23. The van der Waals surface area contributed by atoms with Gasteiger partial charge >= 0.3 is 0 Å². The average Bonchev–Trinajstić information content (AvgIpc) is 2.38. The Bertz CT molecular complexity index is 235. The summed E-state index contributed by atoms with van der Waals surface area (Å²) >= 11 is 0. The summed E-state index contributed by atoms with van der Waals surface area (Å²) in [7, 11) is 0. The Labute approximate surface area is 89.4 Å². The van der Waals surface area contributed by atoms with Gasteiger partial charge in [-0.2, -0.15) is 0 Å². The van der Waals surface area contributed by atoms with Gasteiger partial charge in [0.25, 0.3) is 0 Å². The van der Waals surface area contributed by atoms with E-state index < -0.39 is 5.92 Å². The number of halogens is 2. The van der Waals surface area contributed by atoms with Crippen molar-refractivity contribution >= 4 is 0 Å². The van der Waals surface area contributed by atoms with E-state index >= 15 is 0 Å². The van der Waals surface area contributed by atoms with Gasteiger partial charge in [-0.1, -0.05) is 0 Å². The molecule has 0 aromatic carbocycles. The molecule has 0 aromatic heterocycles. The Kier molecular flexibility index (Phi) is 2.75. The topological polar surface area (TPSA) is 21.3 Å². The number of nitrogens with one attached hydrogen (secondary N) is 1. The van der Waals surface area contributed by atoms with Gasteiger partial charge in [0.15, 0.2) is 0 Å². The highest BCUT2D eigenvalue weighted by Crippen LogP contribution is 2.42. The van der Waals surface area contributed by atoms with E-state index in [0.29, 0.717) is 19.2 Å². The third-order valence-corrected chi connectivity index (χ3v) is 3.28. The van der Waals surface area contributed by atoms with Gasteiger partial charge in [0, 0.05) is 18.9 Å². The molecule has 1 saturated heterocycles. The Morgan fingerprint density at radius 3 is 2.40 bits per heavy atom. The quantitative estimate of drug-likeness (QED) is 0.785. The maximum Gasteiger partial charge on any atom is 0.248 e. The van der Waals surface area contributed by atoms with Crippen LogP contribution in [0, 0.1) is 5.92 Å². The van der Waals surface area contributed by atoms with Crippen molar-refractivity contribution < 1.29 is 13.5 Å². The van der Waals surface area contributed by atoms with Crippen LogP contribution in [-0.2, 0) is 4.74 Å². The summed E-state index contributed by atoms with van der Waals surface area (Å²) in [6, 6.07) is 0.342. The van der Waals surface area contributed by atoms with Crippen LogP contribution in [0.1, 0.15) is 33.1 Å². The van der Waals surface area contributed by atoms with Crippen LogP contribution in [0.4, 0.5) is 8.78 Å². The first-order chi connectivity index (χ1) is 6.86. The molecule has 2 aliphatic rings. The molecule has 1 aliphatic heterocycles. The van der Waals surface area contributed by atoms with Crippen LogP contribution in [-0.4, -0.2) is 30.7 Å². The fourth-order valence-corrected chi connectivity index (χ4v) is 2.43. The van der Waals surface area contributed by atoms with Gasteiger partial charge in [-0.15, -0.1) is 0 Å². The van der Waals surface area contributed by atoms with Crippen LogP contribution >= 0.6 is 0 Å². The Morgan fingerprint density at radius 1 is 1.27 bits per heavy atom. The lowest BCUT2D eigenvalue weighted by atomic mass is 9.81. The van der Waals surface area contributed by atoms with Crippen LogP contribution < -0.4 is 5.32 Å². The van der Waals surface area contributed by atoms with E-state index in [-0.39, 0.29) is 24.4 Å². The van der Waals surface area contributed by atoms with Crippen molar-refractivity contribution in [3.8, 4) is 0 Å². The minimum atomic E-state index is -2.39. The average molecular weight is 219 g/mol. The third kappa shape index (κ3) is 2.88. The summed E-state index contributed by atoms with van der Waals surface area (Å²) < 4.78 is 30.7. The fraction of sp³-hybridized carbons (Fsp3) is 1.00. The molecule has 0 spiro atoms. The molecule has 1 aliphatic carbocycles. The van der Waals surface area contributed by atoms with E-state index in [1.54, 1.807) is 0 Å². The first-order valence-corrected chi connectivity index (χ1v) is 5.61. The van der Waals surface area contributed by atoms with E-state index in [1.807, 2.05) is 0 Å². The highest BCUT2D eigenvalue weighted by Gasteiger charge is 2.45. The molecule has 1 N–H and O–H groups in total. The minimum absolute atomic E-state index is 0.0525. The van der Waals surface area contributed by atoms with E-state index in [0.717, 1.165) is 6.42 Å². The first kappa shape index (κ1) is 11.3. The second kappa shape index (κ2) is 3.67. The molecule has 2 fully saturated rings. The Balaban J connectivity index is 1.64. The molecule has 0 bridgehead atoms. The van der Waals surface area contributed by atoms with Crippen LogP contribution in [0.25, 0.3) is 0 Å². The molecule has 0 unspecified atom stereocenters. The molecule has 2 rings (SSSR count). The van der Waals surface area contributed by atoms with E-state index in [9.17, 15) is 8.78 Å². The molecule has 15 heavy (non-hydrogen) atoms. The Hall–Kier alpha value is -0.220. The molecule has 88 valence electrons. The van der Waals surface area contributed by atoms with Crippen molar-refractivity contribution in [1.29, 1.82) is 0 Å². The number of ether oxygens (including phenoxy) is 1. The Morgan fingerprint density at radius 2 is 1.93 bits per heavy atom. The zero-order valence-corrected chi connectivity index (χ0v) is 9.35. The van der Waals surface area contributed by atoms with Gasteiger partial charge < -0.3 is 10.1 Å². The summed E-state index contributed by atoms with van der Waals surface area (Å²) in [4.78, 5) is 0. The van der Waals surface area contributed by atoms with Gasteiger partial charge in [0.1, 0.15) is 0 Å². The first-order valence-electron chi connectivity index (χ1n) is 5.61. The summed E-state index contributed by atoms with van der Waals surface area (Å²) in [6.07, 6.45) is 1.07. The highest BCUT2D eigenvalue weighted by molar-refractivity contribution is 4.90. The molecule has 1 atom stereocenters. The van der Waals surface area contributed by atoms with Crippen molar-refractivity contribution in [2.75, 3.05) is 13.2 Å². The molecule has 4 heteroatoms. The second-order valence-corrected chi connectivity index (χ2v) is 5.51. The largest absolute Gasteiger partial charge is 0.374 e. The lowest BCUT2D eigenvalue weighted by Gasteiger charge is -2.35. The second-order valence-electron chi connectivity index (χ2n) is 5.51. The van der Waals surface area contributed by atoms with Gasteiger partial charge in [0.05, 0.1) is 12.2 Å². The highest BCUT2D eigenvalue weighted by atomic mass is 19.3. The molecule has 2 nitrogen and oxygen atoms in total. The SMILES string of the molecule is CC1(C)C[C@H](NCC2CC(F)(F)C2)CO1. The molecule has 1 heterocycles. The van der Waals surface area contributed by atoms with E-state index in [4.69, 9.17) is 4.74 Å². The van der Waals surface area contributed by atoms with E-state index in [2.05, 4.69) is 19.2 Å². The molecule has 0 radical (unpaired) electrons. The lowest BCUT2D eigenvalue weighted by molar-refractivity contribution is -0.109. The van der Waals surface area contributed by atoms with Gasteiger partial charge in [-0.05, 0) is 32.7 Å². The maximum absolute atomic E-state index is 12.6. The normalized spacial score (nSPS) is 34.0. The summed E-state index contributed by atoms with van der Waals surface area (Å²) in [5.41, 5.74) is -0.0543. The van der Waals surface area contributed by atoms with Crippen LogP contribution in [0.5, 0.6) is 0 Å². The molecular weight excluding hydrogens is 200 g/mol. The maximum atomic E-state index is 12.6. The fourth-order valence-electron chi connectivity index (χ4n) is 2.43. The lowest BCUT2D eigenvalue weighted by Crippen LogP contribution is -2.44. The van der Waals surface area contributed by atoms with Crippen LogP contribution in [0.3, 0.4) is 0 Å². The number of hydrogen-bond acceptors (Lipinski definition) is 2. The van der Waals surface area contributed by atoms with Gasteiger partial charge in [0.2, 0.25) is 5.92 Å². The predicted molar refractivity (Wildman–Crippen MR) is 54.1 cm³/mol. The molecule has 0 aromatic rings. The van der Waals surface area contributed by atoms with Crippen molar-refractivity contribution in [1.82, 2.24) is 5.32 Å². The van der Waals surface area contributed by atoms with Crippen LogP contribution in [0.15, 0.2) is 0 Å². The zero-order valence-electron chi connectivity index (χ0n) is 9.35. The van der Waals surface area contributed by atoms with Gasteiger partial charge in [-0.25, -0.2) is 8.78 Å². The van der Waals surface area contributed by atoms with Gasteiger partial charge in [-0.3, -0.25) is 0 Å². The van der Waals surface area contributed by atoms with Crippen molar-refractivity contribution in [2.24, 2.45) is 5.92 Å². The van der Waals surface area contributed by atoms with Crippen molar-refractivity contribution in [2.45, 2.75) is 50.7 Å². The minimum Gasteiger partial charge on any atom is -0.374 e. The zero-order chi connectivity index (χ0) is 11.1. The van der Waals surface area contributed by atoms with Crippen molar-refractivity contribution in [3.63, 3.8) is 0 Å². The summed E-state index contributed by atoms with van der Waals surface area (Å²) in [6.45, 7) is 5.54. The predicted octanol–water partition coefficient (Wildman–Crippen LogP) is 2.19. The molecule has 1 saturated carbocycles. The third-order valence-electron chi connectivity index (χ3n) is 3.28. The molecular formula is C11H19F2NO. The smallest absolute Gasteiger partial charge is 0.248 e. The number of rotatable bonds is 3. The van der Waals surface area contributed by atoms with Crippen LogP contribution in [0.2, 0.25) is 0 Å². The summed E-state index contributed by atoms with van der Waals surface area (Å²) in [5, 5.41) is 3.32. The van der Waals surface area contributed by atoms with Crippen molar-refractivity contribution in [3.05, 3.63) is 0 Å². The monoisotopic (exact) mass is 219 g/mol. The number of hydrogen-bond donors (Lipinski definition) is 1. The molecule has 0 amide bonds. The van der Waals surface area contributed by atoms with E-state index in [1.165, 1.54) is 0 Å².